The lowest BCUT2D eigenvalue weighted by Crippen LogP contribution is -2.56. The Labute approximate surface area is 143 Å². The van der Waals surface area contributed by atoms with E-state index in [2.05, 4.69) is 10.4 Å². The molecule has 2 N–H and O–H groups in total. The van der Waals surface area contributed by atoms with Crippen molar-refractivity contribution in [1.82, 2.24) is 19.7 Å². The molecule has 1 saturated carbocycles. The summed E-state index contributed by atoms with van der Waals surface area (Å²) >= 11 is 0. The summed E-state index contributed by atoms with van der Waals surface area (Å²) in [6, 6.07) is 10.2. The van der Waals surface area contributed by atoms with E-state index in [9.17, 15) is 14.7 Å². The average molecular weight is 338 g/mol. The lowest BCUT2D eigenvalue weighted by atomic mass is 9.83. The van der Waals surface area contributed by atoms with Gasteiger partial charge in [-0.25, -0.2) is 0 Å². The molecule has 1 aliphatic carbocycles. The van der Waals surface area contributed by atoms with Crippen LogP contribution in [0, 0.1) is 0 Å². The fourth-order valence-corrected chi connectivity index (χ4v) is 3.39. The number of rotatable bonds is 3. The first-order chi connectivity index (χ1) is 12.1. The first-order valence-corrected chi connectivity index (χ1v) is 8.13. The van der Waals surface area contributed by atoms with Gasteiger partial charge in [0.1, 0.15) is 5.69 Å². The zero-order chi connectivity index (χ0) is 17.6. The molecular weight excluding hydrogens is 320 g/mol. The summed E-state index contributed by atoms with van der Waals surface area (Å²) in [4.78, 5) is 25.2. The van der Waals surface area contributed by atoms with Crippen LogP contribution in [-0.2, 0) is 7.05 Å². The molecule has 0 unspecified atom stereocenters. The Balaban J connectivity index is 1.63. The SMILES string of the molecule is Cn1c(C(=O)N[C@H]2C[C@@H](O)[C@@H]2n2cccn2)cc2ccccc2c1=O. The third kappa shape index (κ3) is 2.53. The van der Waals surface area contributed by atoms with Crippen LogP contribution in [0.4, 0.5) is 0 Å². The summed E-state index contributed by atoms with van der Waals surface area (Å²) in [7, 11) is 1.59. The Bertz CT molecular complexity index is 993. The van der Waals surface area contributed by atoms with E-state index in [1.54, 1.807) is 48.4 Å². The van der Waals surface area contributed by atoms with E-state index >= 15 is 0 Å². The van der Waals surface area contributed by atoms with Crippen molar-refractivity contribution in [3.8, 4) is 0 Å². The van der Waals surface area contributed by atoms with Gasteiger partial charge in [-0.3, -0.25) is 14.3 Å². The van der Waals surface area contributed by atoms with Crippen LogP contribution < -0.4 is 10.9 Å². The molecule has 0 saturated heterocycles. The van der Waals surface area contributed by atoms with E-state index in [-0.39, 0.29) is 23.6 Å². The summed E-state index contributed by atoms with van der Waals surface area (Å²) in [6.07, 6.45) is 3.30. The van der Waals surface area contributed by atoms with Gasteiger partial charge in [0.05, 0.1) is 18.2 Å². The van der Waals surface area contributed by atoms with Crippen molar-refractivity contribution in [2.24, 2.45) is 7.05 Å². The Morgan fingerprint density at radius 2 is 2.12 bits per heavy atom. The molecule has 1 aromatic carbocycles. The molecule has 3 aromatic rings. The lowest BCUT2D eigenvalue weighted by molar-refractivity contribution is -0.00600. The van der Waals surface area contributed by atoms with Gasteiger partial charge in [-0.2, -0.15) is 5.10 Å². The van der Waals surface area contributed by atoms with E-state index < -0.39 is 6.10 Å². The molecule has 2 aromatic heterocycles. The van der Waals surface area contributed by atoms with Crippen LogP contribution in [0.1, 0.15) is 23.0 Å². The molecule has 7 heteroatoms. The number of aliphatic hydroxyl groups excluding tert-OH is 1. The smallest absolute Gasteiger partial charge is 0.268 e. The zero-order valence-electron chi connectivity index (χ0n) is 13.7. The minimum absolute atomic E-state index is 0.208. The van der Waals surface area contributed by atoms with Gasteiger partial charge in [-0.15, -0.1) is 0 Å². The number of fused-ring (bicyclic) bond motifs is 1. The van der Waals surface area contributed by atoms with Crippen LogP contribution in [0.15, 0.2) is 53.6 Å². The monoisotopic (exact) mass is 338 g/mol. The molecule has 0 radical (unpaired) electrons. The molecular formula is C18H18N4O3. The number of hydrogen-bond acceptors (Lipinski definition) is 4. The molecule has 0 aliphatic heterocycles. The Kier molecular flexibility index (Phi) is 3.65. The Morgan fingerprint density at radius 1 is 1.32 bits per heavy atom. The molecule has 1 fully saturated rings. The molecule has 4 rings (SSSR count). The van der Waals surface area contributed by atoms with Crippen LogP contribution in [0.3, 0.4) is 0 Å². The third-order valence-corrected chi connectivity index (χ3v) is 4.83. The normalized spacial score (nSPS) is 22.6. The highest BCUT2D eigenvalue weighted by molar-refractivity contribution is 5.96. The molecule has 1 amide bonds. The second kappa shape index (κ2) is 5.86. The number of carbonyl (C=O) groups is 1. The molecule has 2 heterocycles. The van der Waals surface area contributed by atoms with Gasteiger partial charge in [0.25, 0.3) is 11.5 Å². The molecule has 0 bridgehead atoms. The van der Waals surface area contributed by atoms with Crippen molar-refractivity contribution in [3.63, 3.8) is 0 Å². The van der Waals surface area contributed by atoms with Crippen molar-refractivity contribution in [2.45, 2.75) is 24.6 Å². The van der Waals surface area contributed by atoms with E-state index in [0.717, 1.165) is 5.39 Å². The van der Waals surface area contributed by atoms with Gasteiger partial charge in [0.15, 0.2) is 0 Å². The number of hydrogen-bond donors (Lipinski definition) is 2. The van der Waals surface area contributed by atoms with Gasteiger partial charge >= 0.3 is 0 Å². The molecule has 0 spiro atoms. The van der Waals surface area contributed by atoms with E-state index in [1.807, 2.05) is 12.1 Å². The van der Waals surface area contributed by atoms with Crippen LogP contribution in [0.25, 0.3) is 10.8 Å². The Morgan fingerprint density at radius 3 is 2.84 bits per heavy atom. The fourth-order valence-electron chi connectivity index (χ4n) is 3.39. The number of benzene rings is 1. The molecule has 3 atom stereocenters. The maximum absolute atomic E-state index is 12.7. The van der Waals surface area contributed by atoms with E-state index in [4.69, 9.17) is 0 Å². The molecule has 25 heavy (non-hydrogen) atoms. The second-order valence-electron chi connectivity index (χ2n) is 6.34. The first kappa shape index (κ1) is 15.6. The van der Waals surface area contributed by atoms with Crippen molar-refractivity contribution in [1.29, 1.82) is 0 Å². The Hall–Kier alpha value is -2.93. The summed E-state index contributed by atoms with van der Waals surface area (Å²) in [5.41, 5.74) is 0.0878. The molecule has 128 valence electrons. The van der Waals surface area contributed by atoms with Gasteiger partial charge < -0.3 is 15.0 Å². The van der Waals surface area contributed by atoms with Crippen LogP contribution in [0.5, 0.6) is 0 Å². The number of nitrogens with one attached hydrogen (secondary N) is 1. The van der Waals surface area contributed by atoms with Gasteiger partial charge in [-0.1, -0.05) is 18.2 Å². The van der Waals surface area contributed by atoms with Crippen LogP contribution >= 0.6 is 0 Å². The quantitative estimate of drug-likeness (QED) is 0.741. The van der Waals surface area contributed by atoms with Gasteiger partial charge in [0, 0.05) is 24.8 Å². The van der Waals surface area contributed by atoms with Crippen LogP contribution in [-0.4, -0.2) is 37.5 Å². The summed E-state index contributed by atoms with van der Waals surface area (Å²) in [6.45, 7) is 0. The summed E-state index contributed by atoms with van der Waals surface area (Å²) in [5.74, 6) is -0.334. The highest BCUT2D eigenvalue weighted by Crippen LogP contribution is 2.32. The zero-order valence-corrected chi connectivity index (χ0v) is 13.7. The first-order valence-electron chi connectivity index (χ1n) is 8.13. The molecule has 7 nitrogen and oxygen atoms in total. The lowest BCUT2D eigenvalue weighted by Gasteiger charge is -2.41. The van der Waals surface area contributed by atoms with Crippen molar-refractivity contribution >= 4 is 16.7 Å². The number of amides is 1. The highest BCUT2D eigenvalue weighted by atomic mass is 16.3. The largest absolute Gasteiger partial charge is 0.391 e. The van der Waals surface area contributed by atoms with Crippen molar-refractivity contribution in [3.05, 3.63) is 64.8 Å². The topological polar surface area (TPSA) is 89.2 Å². The fraction of sp³-hybridized carbons (Fsp3) is 0.278. The summed E-state index contributed by atoms with van der Waals surface area (Å²) < 4.78 is 3.01. The number of aromatic nitrogens is 3. The van der Waals surface area contributed by atoms with Gasteiger partial charge in [-0.05, 0) is 30.0 Å². The van der Waals surface area contributed by atoms with Crippen LogP contribution in [0.2, 0.25) is 0 Å². The predicted molar refractivity (Wildman–Crippen MR) is 92.3 cm³/mol. The maximum atomic E-state index is 12.7. The predicted octanol–water partition coefficient (Wildman–Crippen LogP) is 0.839. The molecule has 1 aliphatic rings. The standard InChI is InChI=1S/C18H18N4O3/c1-21-14(9-11-5-2-3-6-12(11)18(21)25)17(24)20-13-10-15(23)16(13)22-8-4-7-19-22/h2-9,13,15-16,23H,10H2,1H3,(H,20,24)/t13-,15+,16+/m0/s1. The summed E-state index contributed by atoms with van der Waals surface area (Å²) in [5, 5.41) is 18.4. The van der Waals surface area contributed by atoms with E-state index in [0.29, 0.717) is 17.5 Å². The third-order valence-electron chi connectivity index (χ3n) is 4.83. The number of pyridine rings is 1. The van der Waals surface area contributed by atoms with Crippen molar-refractivity contribution < 1.29 is 9.90 Å². The average Bonchev–Trinajstić information content (AvgIpc) is 3.10. The number of nitrogens with zero attached hydrogens (tertiary/aromatic N) is 3. The number of aliphatic hydroxyl groups is 1. The van der Waals surface area contributed by atoms with Crippen molar-refractivity contribution in [2.75, 3.05) is 0 Å². The van der Waals surface area contributed by atoms with E-state index in [1.165, 1.54) is 4.57 Å². The number of carbonyl (C=O) groups excluding carboxylic acids is 1. The van der Waals surface area contributed by atoms with Gasteiger partial charge in [0.2, 0.25) is 0 Å². The minimum Gasteiger partial charge on any atom is -0.391 e. The maximum Gasteiger partial charge on any atom is 0.268 e. The minimum atomic E-state index is -0.550. The second-order valence-corrected chi connectivity index (χ2v) is 6.34. The highest BCUT2D eigenvalue weighted by Gasteiger charge is 2.42.